The van der Waals surface area contributed by atoms with Gasteiger partial charge in [0.2, 0.25) is 5.91 Å². The van der Waals surface area contributed by atoms with Gasteiger partial charge in [0.25, 0.3) is 0 Å². The van der Waals surface area contributed by atoms with E-state index >= 15 is 0 Å². The Labute approximate surface area is 97.6 Å². The van der Waals surface area contributed by atoms with Gasteiger partial charge in [-0.3, -0.25) is 4.79 Å². The molecule has 0 aromatic carbocycles. The lowest BCUT2D eigenvalue weighted by Gasteiger charge is -2.17. The SMILES string of the molecule is NCC1CCCC1C(=O)NCCCCCO. The molecule has 1 fully saturated rings. The summed E-state index contributed by atoms with van der Waals surface area (Å²) in [4.78, 5) is 11.8. The third-order valence-corrected chi connectivity index (χ3v) is 3.43. The molecule has 0 bridgehead atoms. The highest BCUT2D eigenvalue weighted by Crippen LogP contribution is 2.30. The molecule has 4 heteroatoms. The largest absolute Gasteiger partial charge is 0.396 e. The molecular weight excluding hydrogens is 204 g/mol. The van der Waals surface area contributed by atoms with E-state index in [0.717, 1.165) is 45.1 Å². The van der Waals surface area contributed by atoms with Crippen LogP contribution in [0, 0.1) is 11.8 Å². The van der Waals surface area contributed by atoms with E-state index in [1.165, 1.54) is 0 Å². The summed E-state index contributed by atoms with van der Waals surface area (Å²) in [6.45, 7) is 1.60. The monoisotopic (exact) mass is 228 g/mol. The maximum absolute atomic E-state index is 11.8. The third-order valence-electron chi connectivity index (χ3n) is 3.43. The van der Waals surface area contributed by atoms with Crippen molar-refractivity contribution in [3.8, 4) is 0 Å². The summed E-state index contributed by atoms with van der Waals surface area (Å²) in [5.74, 6) is 0.706. The molecule has 94 valence electrons. The molecule has 1 saturated carbocycles. The summed E-state index contributed by atoms with van der Waals surface area (Å²) in [7, 11) is 0. The molecule has 4 nitrogen and oxygen atoms in total. The summed E-state index contributed by atoms with van der Waals surface area (Å²) in [5, 5.41) is 11.6. The quantitative estimate of drug-likeness (QED) is 0.560. The molecule has 0 heterocycles. The number of hydrogen-bond donors (Lipinski definition) is 3. The Morgan fingerprint density at radius 3 is 2.81 bits per heavy atom. The van der Waals surface area contributed by atoms with Crippen LogP contribution in [0.15, 0.2) is 0 Å². The summed E-state index contributed by atoms with van der Waals surface area (Å²) in [6.07, 6.45) is 5.96. The Morgan fingerprint density at radius 2 is 2.12 bits per heavy atom. The minimum Gasteiger partial charge on any atom is -0.396 e. The summed E-state index contributed by atoms with van der Waals surface area (Å²) < 4.78 is 0. The standard InChI is InChI=1S/C12H24N2O2/c13-9-10-5-4-6-11(10)12(16)14-7-2-1-3-8-15/h10-11,15H,1-9,13H2,(H,14,16). The number of nitrogens with two attached hydrogens (primary N) is 1. The highest BCUT2D eigenvalue weighted by atomic mass is 16.2. The van der Waals surface area contributed by atoms with Crippen LogP contribution >= 0.6 is 0 Å². The van der Waals surface area contributed by atoms with E-state index < -0.39 is 0 Å². The van der Waals surface area contributed by atoms with Crippen LogP contribution in [0.3, 0.4) is 0 Å². The number of unbranched alkanes of at least 4 members (excludes halogenated alkanes) is 2. The van der Waals surface area contributed by atoms with Crippen molar-refractivity contribution >= 4 is 5.91 Å². The lowest BCUT2D eigenvalue weighted by atomic mass is 9.95. The zero-order chi connectivity index (χ0) is 11.8. The molecule has 1 amide bonds. The molecule has 4 N–H and O–H groups in total. The maximum atomic E-state index is 11.8. The first-order valence-corrected chi connectivity index (χ1v) is 6.38. The highest BCUT2D eigenvalue weighted by Gasteiger charge is 2.31. The Kier molecular flexibility index (Phi) is 6.42. The smallest absolute Gasteiger partial charge is 0.223 e. The van der Waals surface area contributed by atoms with Gasteiger partial charge in [-0.2, -0.15) is 0 Å². The molecule has 1 aliphatic carbocycles. The van der Waals surface area contributed by atoms with Gasteiger partial charge in [0.05, 0.1) is 0 Å². The molecular formula is C12H24N2O2. The van der Waals surface area contributed by atoms with Crippen molar-refractivity contribution in [2.24, 2.45) is 17.6 Å². The van der Waals surface area contributed by atoms with Crippen molar-refractivity contribution in [1.29, 1.82) is 0 Å². The van der Waals surface area contributed by atoms with Crippen LogP contribution in [-0.4, -0.2) is 30.7 Å². The second-order valence-electron chi connectivity index (χ2n) is 4.61. The average molecular weight is 228 g/mol. The van der Waals surface area contributed by atoms with Crippen molar-refractivity contribution in [1.82, 2.24) is 5.32 Å². The molecule has 0 saturated heterocycles. The number of carbonyl (C=O) groups excluding carboxylic acids is 1. The van der Waals surface area contributed by atoms with Crippen LogP contribution in [0.2, 0.25) is 0 Å². The Morgan fingerprint density at radius 1 is 1.31 bits per heavy atom. The number of rotatable bonds is 7. The van der Waals surface area contributed by atoms with Crippen LogP contribution in [0.1, 0.15) is 38.5 Å². The average Bonchev–Trinajstić information content (AvgIpc) is 2.76. The van der Waals surface area contributed by atoms with E-state index in [9.17, 15) is 4.79 Å². The number of carbonyl (C=O) groups is 1. The van der Waals surface area contributed by atoms with Gasteiger partial charge < -0.3 is 16.2 Å². The van der Waals surface area contributed by atoms with Crippen LogP contribution in [-0.2, 0) is 4.79 Å². The Hall–Kier alpha value is -0.610. The highest BCUT2D eigenvalue weighted by molar-refractivity contribution is 5.79. The Balaban J connectivity index is 2.14. The van der Waals surface area contributed by atoms with Gasteiger partial charge in [-0.05, 0) is 44.6 Å². The molecule has 1 aliphatic rings. The zero-order valence-electron chi connectivity index (χ0n) is 9.95. The zero-order valence-corrected chi connectivity index (χ0v) is 9.95. The first-order chi connectivity index (χ1) is 7.79. The molecule has 0 radical (unpaired) electrons. The summed E-state index contributed by atoms with van der Waals surface area (Å²) in [6, 6.07) is 0. The van der Waals surface area contributed by atoms with Crippen LogP contribution in [0.5, 0.6) is 0 Å². The molecule has 16 heavy (non-hydrogen) atoms. The molecule has 2 atom stereocenters. The third kappa shape index (κ3) is 4.10. The van der Waals surface area contributed by atoms with Gasteiger partial charge in [0.15, 0.2) is 0 Å². The van der Waals surface area contributed by atoms with Crippen LogP contribution in [0.25, 0.3) is 0 Å². The van der Waals surface area contributed by atoms with Crippen LogP contribution in [0.4, 0.5) is 0 Å². The fourth-order valence-corrected chi connectivity index (χ4v) is 2.42. The van der Waals surface area contributed by atoms with Crippen molar-refractivity contribution in [3.63, 3.8) is 0 Å². The van der Waals surface area contributed by atoms with E-state index in [1.54, 1.807) is 0 Å². The van der Waals surface area contributed by atoms with Gasteiger partial charge >= 0.3 is 0 Å². The van der Waals surface area contributed by atoms with E-state index in [2.05, 4.69) is 5.32 Å². The molecule has 0 aromatic rings. The lowest BCUT2D eigenvalue weighted by Crippen LogP contribution is -2.35. The van der Waals surface area contributed by atoms with Gasteiger partial charge in [-0.25, -0.2) is 0 Å². The van der Waals surface area contributed by atoms with E-state index in [-0.39, 0.29) is 18.4 Å². The first kappa shape index (κ1) is 13.5. The number of nitrogens with one attached hydrogen (secondary N) is 1. The number of amides is 1. The topological polar surface area (TPSA) is 75.4 Å². The van der Waals surface area contributed by atoms with Crippen LogP contribution < -0.4 is 11.1 Å². The summed E-state index contributed by atoms with van der Waals surface area (Å²) >= 11 is 0. The molecule has 0 aromatic heterocycles. The second-order valence-corrected chi connectivity index (χ2v) is 4.61. The van der Waals surface area contributed by atoms with E-state index in [4.69, 9.17) is 10.8 Å². The van der Waals surface area contributed by atoms with Gasteiger partial charge in [-0.15, -0.1) is 0 Å². The fraction of sp³-hybridized carbons (Fsp3) is 0.917. The Bertz CT molecular complexity index is 209. The van der Waals surface area contributed by atoms with Crippen molar-refractivity contribution in [2.75, 3.05) is 19.7 Å². The molecule has 0 aliphatic heterocycles. The number of hydrogen-bond acceptors (Lipinski definition) is 3. The van der Waals surface area contributed by atoms with Crippen molar-refractivity contribution in [3.05, 3.63) is 0 Å². The van der Waals surface area contributed by atoms with Gasteiger partial charge in [0.1, 0.15) is 0 Å². The number of aliphatic hydroxyl groups is 1. The summed E-state index contributed by atoms with van der Waals surface area (Å²) in [5.41, 5.74) is 5.65. The second kappa shape index (κ2) is 7.63. The normalized spacial score (nSPS) is 24.6. The molecule has 0 spiro atoms. The maximum Gasteiger partial charge on any atom is 0.223 e. The van der Waals surface area contributed by atoms with E-state index in [0.29, 0.717) is 12.5 Å². The molecule has 2 unspecified atom stereocenters. The van der Waals surface area contributed by atoms with Gasteiger partial charge in [0, 0.05) is 19.1 Å². The van der Waals surface area contributed by atoms with Gasteiger partial charge in [-0.1, -0.05) is 6.42 Å². The number of aliphatic hydroxyl groups excluding tert-OH is 1. The minimum absolute atomic E-state index is 0.142. The molecule has 1 rings (SSSR count). The lowest BCUT2D eigenvalue weighted by molar-refractivity contribution is -0.125. The van der Waals surface area contributed by atoms with Crippen molar-refractivity contribution in [2.45, 2.75) is 38.5 Å². The fourth-order valence-electron chi connectivity index (χ4n) is 2.42. The predicted molar refractivity (Wildman–Crippen MR) is 63.8 cm³/mol. The van der Waals surface area contributed by atoms with Crippen molar-refractivity contribution < 1.29 is 9.90 Å². The predicted octanol–water partition coefficient (Wildman–Crippen LogP) is 0.640. The first-order valence-electron chi connectivity index (χ1n) is 6.38. The van der Waals surface area contributed by atoms with E-state index in [1.807, 2.05) is 0 Å². The minimum atomic E-state index is 0.142.